The average molecular weight is 340 g/mol. The van der Waals surface area contributed by atoms with E-state index in [-0.39, 0.29) is 0 Å². The van der Waals surface area contributed by atoms with E-state index in [9.17, 15) is 0 Å². The van der Waals surface area contributed by atoms with E-state index in [4.69, 9.17) is 4.74 Å². The van der Waals surface area contributed by atoms with Gasteiger partial charge in [0.15, 0.2) is 0 Å². The summed E-state index contributed by atoms with van der Waals surface area (Å²) in [5.74, 6) is 0. The lowest BCUT2D eigenvalue weighted by atomic mass is 9.98. The zero-order valence-electron chi connectivity index (χ0n) is 12.6. The number of aryl methyl sites for hydroxylation is 1. The van der Waals surface area contributed by atoms with Crippen molar-refractivity contribution in [1.29, 1.82) is 0 Å². The second-order valence-corrected chi connectivity index (χ2v) is 6.56. The molecule has 0 aromatic heterocycles. The van der Waals surface area contributed by atoms with Crippen LogP contribution in [0.15, 0.2) is 22.7 Å². The fraction of sp³-hybridized carbons (Fsp3) is 0.647. The van der Waals surface area contributed by atoms with Gasteiger partial charge in [-0.05, 0) is 62.8 Å². The molecule has 0 aliphatic carbocycles. The van der Waals surface area contributed by atoms with Crippen molar-refractivity contribution < 1.29 is 4.74 Å². The molecule has 1 aliphatic rings. The molecule has 1 saturated heterocycles. The predicted octanol–water partition coefficient (Wildman–Crippen LogP) is 4.76. The highest BCUT2D eigenvalue weighted by Crippen LogP contribution is 2.29. The van der Waals surface area contributed by atoms with Crippen LogP contribution in [0.3, 0.4) is 0 Å². The molecule has 0 bridgehead atoms. The van der Waals surface area contributed by atoms with Gasteiger partial charge in [-0.1, -0.05) is 35.0 Å². The number of hydrogen-bond donors (Lipinski definition) is 1. The SMILES string of the molecule is CCNC(CCCC1CCCO1)c1ccc(C)cc1Br. The molecular weight excluding hydrogens is 314 g/mol. The molecule has 1 aromatic carbocycles. The summed E-state index contributed by atoms with van der Waals surface area (Å²) in [6, 6.07) is 7.10. The number of ether oxygens (including phenoxy) is 1. The van der Waals surface area contributed by atoms with E-state index >= 15 is 0 Å². The number of halogens is 1. The highest BCUT2D eigenvalue weighted by Gasteiger charge is 2.17. The van der Waals surface area contributed by atoms with E-state index in [0.717, 1.165) is 13.2 Å². The molecule has 20 heavy (non-hydrogen) atoms. The van der Waals surface area contributed by atoms with Gasteiger partial charge in [0.2, 0.25) is 0 Å². The van der Waals surface area contributed by atoms with Gasteiger partial charge in [-0.2, -0.15) is 0 Å². The molecule has 1 aromatic rings. The van der Waals surface area contributed by atoms with Crippen molar-refractivity contribution in [1.82, 2.24) is 5.32 Å². The van der Waals surface area contributed by atoms with E-state index in [1.165, 1.54) is 47.7 Å². The highest BCUT2D eigenvalue weighted by atomic mass is 79.9. The van der Waals surface area contributed by atoms with Gasteiger partial charge in [-0.3, -0.25) is 0 Å². The monoisotopic (exact) mass is 339 g/mol. The molecule has 112 valence electrons. The molecule has 2 atom stereocenters. The normalized spacial score (nSPS) is 20.2. The molecule has 0 saturated carbocycles. The van der Waals surface area contributed by atoms with Gasteiger partial charge in [0, 0.05) is 17.1 Å². The number of hydrogen-bond acceptors (Lipinski definition) is 2. The molecule has 2 nitrogen and oxygen atoms in total. The topological polar surface area (TPSA) is 21.3 Å². The maximum Gasteiger partial charge on any atom is 0.0576 e. The Kier molecular flexibility index (Phi) is 6.53. The first kappa shape index (κ1) is 16.0. The Bertz CT molecular complexity index is 415. The summed E-state index contributed by atoms with van der Waals surface area (Å²) in [5.41, 5.74) is 2.68. The summed E-state index contributed by atoms with van der Waals surface area (Å²) in [5, 5.41) is 3.61. The lowest BCUT2D eigenvalue weighted by Gasteiger charge is -2.21. The first-order valence-corrected chi connectivity index (χ1v) is 8.61. The van der Waals surface area contributed by atoms with Gasteiger partial charge < -0.3 is 10.1 Å². The van der Waals surface area contributed by atoms with E-state index in [0.29, 0.717) is 12.1 Å². The third-order valence-electron chi connectivity index (χ3n) is 4.02. The van der Waals surface area contributed by atoms with Crippen LogP contribution in [0, 0.1) is 6.92 Å². The molecule has 2 rings (SSSR count). The average Bonchev–Trinajstić information content (AvgIpc) is 2.91. The van der Waals surface area contributed by atoms with Crippen molar-refractivity contribution in [3.05, 3.63) is 33.8 Å². The van der Waals surface area contributed by atoms with Crippen LogP contribution in [-0.2, 0) is 4.74 Å². The van der Waals surface area contributed by atoms with Crippen molar-refractivity contribution in [3.63, 3.8) is 0 Å². The van der Waals surface area contributed by atoms with Crippen LogP contribution >= 0.6 is 15.9 Å². The highest BCUT2D eigenvalue weighted by molar-refractivity contribution is 9.10. The van der Waals surface area contributed by atoms with Crippen molar-refractivity contribution in [2.75, 3.05) is 13.2 Å². The first-order chi connectivity index (χ1) is 9.70. The van der Waals surface area contributed by atoms with E-state index in [2.05, 4.69) is 53.3 Å². The van der Waals surface area contributed by atoms with Crippen LogP contribution in [0.1, 0.15) is 56.2 Å². The summed E-state index contributed by atoms with van der Waals surface area (Å²) in [6.45, 7) is 6.28. The third-order valence-corrected chi connectivity index (χ3v) is 4.71. The Morgan fingerprint density at radius 2 is 2.30 bits per heavy atom. The van der Waals surface area contributed by atoms with Crippen LogP contribution in [0.25, 0.3) is 0 Å². The van der Waals surface area contributed by atoms with Crippen LogP contribution in [0.4, 0.5) is 0 Å². The summed E-state index contributed by atoms with van der Waals surface area (Å²) in [6.07, 6.45) is 6.60. The van der Waals surface area contributed by atoms with Gasteiger partial charge in [0.1, 0.15) is 0 Å². The standard InChI is InChI=1S/C17H26BrNO/c1-3-19-17(8-4-6-14-7-5-11-20-14)15-10-9-13(2)12-16(15)18/h9-10,12,14,17,19H,3-8,11H2,1-2H3. The second kappa shape index (κ2) is 8.16. The summed E-state index contributed by atoms with van der Waals surface area (Å²) >= 11 is 3.71. The lowest BCUT2D eigenvalue weighted by Crippen LogP contribution is -2.21. The second-order valence-electron chi connectivity index (χ2n) is 5.70. The van der Waals surface area contributed by atoms with Gasteiger partial charge in [0.05, 0.1) is 6.10 Å². The minimum atomic E-state index is 0.441. The zero-order valence-corrected chi connectivity index (χ0v) is 14.2. The molecule has 1 aliphatic heterocycles. The number of rotatable bonds is 7. The van der Waals surface area contributed by atoms with Crippen molar-refractivity contribution in [2.45, 2.75) is 58.1 Å². The number of nitrogens with one attached hydrogen (secondary N) is 1. The van der Waals surface area contributed by atoms with E-state index in [1.54, 1.807) is 0 Å². The molecule has 3 heteroatoms. The summed E-state index contributed by atoms with van der Waals surface area (Å²) in [7, 11) is 0. The van der Waals surface area contributed by atoms with E-state index < -0.39 is 0 Å². The number of benzene rings is 1. The lowest BCUT2D eigenvalue weighted by molar-refractivity contribution is 0.101. The molecule has 0 spiro atoms. The molecule has 0 amide bonds. The Balaban J connectivity index is 1.91. The van der Waals surface area contributed by atoms with Crippen LogP contribution in [0.2, 0.25) is 0 Å². The van der Waals surface area contributed by atoms with Crippen LogP contribution in [-0.4, -0.2) is 19.3 Å². The van der Waals surface area contributed by atoms with Gasteiger partial charge in [-0.25, -0.2) is 0 Å². The van der Waals surface area contributed by atoms with Gasteiger partial charge >= 0.3 is 0 Å². The van der Waals surface area contributed by atoms with Crippen molar-refractivity contribution >= 4 is 15.9 Å². The van der Waals surface area contributed by atoms with Crippen LogP contribution < -0.4 is 5.32 Å². The van der Waals surface area contributed by atoms with Gasteiger partial charge in [0.25, 0.3) is 0 Å². The van der Waals surface area contributed by atoms with Gasteiger partial charge in [-0.15, -0.1) is 0 Å². The Morgan fingerprint density at radius 3 is 2.95 bits per heavy atom. The summed E-state index contributed by atoms with van der Waals surface area (Å²) in [4.78, 5) is 0. The maximum atomic E-state index is 5.71. The fourth-order valence-electron chi connectivity index (χ4n) is 2.95. The largest absolute Gasteiger partial charge is 0.378 e. The fourth-order valence-corrected chi connectivity index (χ4v) is 3.72. The molecule has 1 fully saturated rings. The van der Waals surface area contributed by atoms with Crippen molar-refractivity contribution in [2.24, 2.45) is 0 Å². The molecule has 1 N–H and O–H groups in total. The Hall–Kier alpha value is -0.380. The maximum absolute atomic E-state index is 5.71. The van der Waals surface area contributed by atoms with Crippen LogP contribution in [0.5, 0.6) is 0 Å². The molecule has 1 heterocycles. The molecular formula is C17H26BrNO. The minimum Gasteiger partial charge on any atom is -0.378 e. The zero-order chi connectivity index (χ0) is 14.4. The predicted molar refractivity (Wildman–Crippen MR) is 88.1 cm³/mol. The quantitative estimate of drug-likeness (QED) is 0.773. The van der Waals surface area contributed by atoms with E-state index in [1.807, 2.05) is 0 Å². The molecule has 2 unspecified atom stereocenters. The Labute approximate surface area is 131 Å². The molecule has 0 radical (unpaired) electrons. The Morgan fingerprint density at radius 1 is 1.45 bits per heavy atom. The third kappa shape index (κ3) is 4.57. The van der Waals surface area contributed by atoms with Crippen molar-refractivity contribution in [3.8, 4) is 0 Å². The first-order valence-electron chi connectivity index (χ1n) is 7.81. The smallest absolute Gasteiger partial charge is 0.0576 e. The minimum absolute atomic E-state index is 0.441. The summed E-state index contributed by atoms with van der Waals surface area (Å²) < 4.78 is 6.93.